The molecule has 3 heterocycles. The van der Waals surface area contributed by atoms with Crippen LogP contribution in [-0.2, 0) is 10.2 Å². The second-order valence-corrected chi connectivity index (χ2v) is 8.82. The number of likely N-dealkylation sites (tertiary alicyclic amines) is 1. The molecule has 0 radical (unpaired) electrons. The summed E-state index contributed by atoms with van der Waals surface area (Å²) in [5, 5.41) is 14.9. The molecule has 0 bridgehead atoms. The Morgan fingerprint density at radius 2 is 1.93 bits per heavy atom. The van der Waals surface area contributed by atoms with Gasteiger partial charge in [0.2, 0.25) is 5.91 Å². The van der Waals surface area contributed by atoms with Crippen LogP contribution >= 0.6 is 0 Å². The van der Waals surface area contributed by atoms with E-state index in [0.29, 0.717) is 24.5 Å². The van der Waals surface area contributed by atoms with Crippen LogP contribution < -0.4 is 5.32 Å². The summed E-state index contributed by atoms with van der Waals surface area (Å²) < 4.78 is 1.60. The molecule has 1 N–H and O–H groups in total. The molecular weight excluding hydrogens is 370 g/mol. The van der Waals surface area contributed by atoms with Crippen LogP contribution in [0.2, 0.25) is 0 Å². The molecule has 1 saturated heterocycles. The molecule has 2 amide bonds. The van der Waals surface area contributed by atoms with Gasteiger partial charge >= 0.3 is 0 Å². The van der Waals surface area contributed by atoms with Crippen LogP contribution in [0.3, 0.4) is 0 Å². The van der Waals surface area contributed by atoms with Gasteiger partial charge in [0, 0.05) is 47.9 Å². The first-order chi connectivity index (χ1) is 13.6. The maximum atomic E-state index is 12.9. The predicted molar refractivity (Wildman–Crippen MR) is 107 cm³/mol. The molecule has 1 aliphatic heterocycles. The van der Waals surface area contributed by atoms with Crippen LogP contribution in [0.25, 0.3) is 0 Å². The molecule has 2 aromatic rings. The number of aromatic nitrogens is 5. The van der Waals surface area contributed by atoms with Crippen molar-refractivity contribution in [1.29, 1.82) is 0 Å². The maximum Gasteiger partial charge on any atom is 0.251 e. The van der Waals surface area contributed by atoms with Crippen molar-refractivity contribution < 1.29 is 9.59 Å². The molecule has 0 aromatic carbocycles. The van der Waals surface area contributed by atoms with E-state index < -0.39 is 6.04 Å². The number of pyridine rings is 1. The van der Waals surface area contributed by atoms with Crippen molar-refractivity contribution >= 4 is 11.8 Å². The first-order valence-electron chi connectivity index (χ1n) is 9.88. The minimum atomic E-state index is -0.468. The highest BCUT2D eigenvalue weighted by molar-refractivity contribution is 5.94. The van der Waals surface area contributed by atoms with Gasteiger partial charge in [-0.05, 0) is 43.3 Å². The minimum absolute atomic E-state index is 0.0117. The zero-order chi connectivity index (χ0) is 21.3. The molecule has 9 heteroatoms. The predicted octanol–water partition coefficient (Wildman–Crippen LogP) is 1.51. The highest BCUT2D eigenvalue weighted by Gasteiger charge is 2.38. The Labute approximate surface area is 170 Å². The molecule has 0 spiro atoms. The van der Waals surface area contributed by atoms with Gasteiger partial charge in [0.15, 0.2) is 5.82 Å². The molecule has 1 fully saturated rings. The molecule has 9 nitrogen and oxygen atoms in total. The summed E-state index contributed by atoms with van der Waals surface area (Å²) in [6, 6.07) is 2.96. The lowest BCUT2D eigenvalue weighted by atomic mass is 9.91. The van der Waals surface area contributed by atoms with Crippen LogP contribution in [0.4, 0.5) is 0 Å². The van der Waals surface area contributed by atoms with Gasteiger partial charge in [-0.25, -0.2) is 4.68 Å². The van der Waals surface area contributed by atoms with Crippen molar-refractivity contribution in [3.8, 4) is 0 Å². The van der Waals surface area contributed by atoms with Crippen molar-refractivity contribution in [2.75, 3.05) is 13.1 Å². The van der Waals surface area contributed by atoms with Crippen molar-refractivity contribution in [1.82, 2.24) is 35.4 Å². The Morgan fingerprint density at radius 3 is 2.55 bits per heavy atom. The molecular formula is C20H29N7O2. The minimum Gasteiger partial charge on any atom is -0.349 e. The lowest BCUT2D eigenvalue weighted by molar-refractivity contribution is -0.141. The van der Waals surface area contributed by atoms with Crippen molar-refractivity contribution in [2.45, 2.75) is 59.0 Å². The Bertz CT molecular complexity index is 896. The van der Waals surface area contributed by atoms with E-state index in [2.05, 4.69) is 25.8 Å². The number of rotatable bonds is 5. The van der Waals surface area contributed by atoms with E-state index in [1.165, 1.54) is 0 Å². The molecule has 156 valence electrons. The first-order valence-corrected chi connectivity index (χ1v) is 9.88. The fourth-order valence-electron chi connectivity index (χ4n) is 3.42. The highest BCUT2D eigenvalue weighted by Crippen LogP contribution is 2.26. The van der Waals surface area contributed by atoms with Gasteiger partial charge in [-0.2, -0.15) is 0 Å². The quantitative estimate of drug-likeness (QED) is 0.817. The number of carbonyl (C=O) groups excluding carboxylic acids is 2. The fourth-order valence-corrected chi connectivity index (χ4v) is 3.42. The van der Waals surface area contributed by atoms with Gasteiger partial charge in [0.25, 0.3) is 5.91 Å². The van der Waals surface area contributed by atoms with Crippen molar-refractivity contribution in [3.05, 3.63) is 35.4 Å². The standard InChI is InChI=1S/C20H29N7O2/c1-12-9-15(7-8-21-12)17(28)22-13(2)16-10-26(11-16)18(29)14(3)27-19(20(4,5)6)23-24-25-27/h7-9,13-14,16H,10-11H2,1-6H3,(H,22,28). The van der Waals surface area contributed by atoms with Gasteiger partial charge in [-0.15, -0.1) is 5.10 Å². The number of aryl methyl sites for hydroxylation is 1. The molecule has 2 atom stereocenters. The van der Waals surface area contributed by atoms with E-state index in [-0.39, 0.29) is 29.2 Å². The van der Waals surface area contributed by atoms with Crippen LogP contribution in [-0.4, -0.2) is 61.0 Å². The Balaban J connectivity index is 1.55. The first kappa shape index (κ1) is 20.9. The van der Waals surface area contributed by atoms with Crippen LogP contribution in [0, 0.1) is 12.8 Å². The van der Waals surface area contributed by atoms with Gasteiger partial charge in [-0.3, -0.25) is 14.6 Å². The Morgan fingerprint density at radius 1 is 1.24 bits per heavy atom. The van der Waals surface area contributed by atoms with Crippen LogP contribution in [0.5, 0.6) is 0 Å². The summed E-state index contributed by atoms with van der Waals surface area (Å²) in [4.78, 5) is 31.2. The number of hydrogen-bond donors (Lipinski definition) is 1. The molecule has 1 aliphatic rings. The maximum absolute atomic E-state index is 12.9. The third-order valence-electron chi connectivity index (χ3n) is 5.33. The van der Waals surface area contributed by atoms with Crippen molar-refractivity contribution in [3.63, 3.8) is 0 Å². The van der Waals surface area contributed by atoms with Gasteiger partial charge in [-0.1, -0.05) is 20.8 Å². The van der Waals surface area contributed by atoms with E-state index in [9.17, 15) is 9.59 Å². The SMILES string of the molecule is Cc1cc(C(=O)NC(C)C2CN(C(=O)C(C)n3nnnc3C(C)(C)C)C2)ccn1. The molecule has 0 saturated carbocycles. The zero-order valence-corrected chi connectivity index (χ0v) is 17.9. The Kier molecular flexibility index (Phi) is 5.68. The normalized spacial score (nSPS) is 16.8. The summed E-state index contributed by atoms with van der Waals surface area (Å²) in [6.07, 6.45) is 1.63. The second-order valence-electron chi connectivity index (χ2n) is 8.82. The summed E-state index contributed by atoms with van der Waals surface area (Å²) in [5.74, 6) is 0.768. The van der Waals surface area contributed by atoms with Crippen molar-refractivity contribution in [2.24, 2.45) is 5.92 Å². The smallest absolute Gasteiger partial charge is 0.251 e. The number of nitrogens with one attached hydrogen (secondary N) is 1. The summed E-state index contributed by atoms with van der Waals surface area (Å²) >= 11 is 0. The monoisotopic (exact) mass is 399 g/mol. The number of hydrogen-bond acceptors (Lipinski definition) is 6. The number of carbonyl (C=O) groups is 2. The lowest BCUT2D eigenvalue weighted by Crippen LogP contribution is -2.58. The number of nitrogens with zero attached hydrogens (tertiary/aromatic N) is 6. The van der Waals surface area contributed by atoms with E-state index in [4.69, 9.17) is 0 Å². The van der Waals surface area contributed by atoms with Gasteiger partial charge < -0.3 is 10.2 Å². The molecule has 29 heavy (non-hydrogen) atoms. The van der Waals surface area contributed by atoms with Crippen LogP contribution in [0.15, 0.2) is 18.3 Å². The number of amides is 2. The second kappa shape index (κ2) is 7.88. The molecule has 3 rings (SSSR count). The molecule has 0 aliphatic carbocycles. The van der Waals surface area contributed by atoms with E-state index in [1.807, 2.05) is 41.5 Å². The van der Waals surface area contributed by atoms with E-state index in [1.54, 1.807) is 27.9 Å². The number of tetrazole rings is 1. The summed E-state index contributed by atoms with van der Waals surface area (Å²) in [6.45, 7) is 12.9. The van der Waals surface area contributed by atoms with Gasteiger partial charge in [0.1, 0.15) is 6.04 Å². The lowest BCUT2D eigenvalue weighted by Gasteiger charge is -2.43. The average Bonchev–Trinajstić information content (AvgIpc) is 3.09. The largest absolute Gasteiger partial charge is 0.349 e. The topological polar surface area (TPSA) is 106 Å². The average molecular weight is 399 g/mol. The third kappa shape index (κ3) is 4.44. The summed E-state index contributed by atoms with van der Waals surface area (Å²) in [5.41, 5.74) is 1.15. The molecule has 2 unspecified atom stereocenters. The Hall–Kier alpha value is -2.84. The van der Waals surface area contributed by atoms with E-state index in [0.717, 1.165) is 5.69 Å². The molecule has 2 aromatic heterocycles. The zero-order valence-electron chi connectivity index (χ0n) is 17.9. The summed E-state index contributed by atoms with van der Waals surface area (Å²) in [7, 11) is 0. The van der Waals surface area contributed by atoms with Gasteiger partial charge in [0.05, 0.1) is 0 Å². The van der Waals surface area contributed by atoms with E-state index >= 15 is 0 Å². The highest BCUT2D eigenvalue weighted by atomic mass is 16.2. The third-order valence-corrected chi connectivity index (χ3v) is 5.33. The van der Waals surface area contributed by atoms with Crippen LogP contribution in [0.1, 0.15) is 62.5 Å². The fraction of sp³-hybridized carbons (Fsp3) is 0.600.